The van der Waals surface area contributed by atoms with E-state index in [1.54, 1.807) is 36.4 Å². The van der Waals surface area contributed by atoms with Crippen LogP contribution < -0.4 is 9.62 Å². The number of carbonyl (C=O) groups excluding carboxylic acids is 1. The molecule has 3 rings (SSSR count). The van der Waals surface area contributed by atoms with Crippen molar-refractivity contribution in [1.82, 2.24) is 5.32 Å². The number of nitrogens with zero attached hydrogens (tertiary/aromatic N) is 1. The molecule has 0 saturated carbocycles. The summed E-state index contributed by atoms with van der Waals surface area (Å²) in [7, 11) is -3.30. The molecule has 0 aliphatic carbocycles. The van der Waals surface area contributed by atoms with E-state index >= 15 is 0 Å². The van der Waals surface area contributed by atoms with Gasteiger partial charge in [-0.2, -0.15) is 0 Å². The van der Waals surface area contributed by atoms with Gasteiger partial charge in [0.15, 0.2) is 0 Å². The zero-order valence-electron chi connectivity index (χ0n) is 14.3. The highest BCUT2D eigenvalue weighted by Gasteiger charge is 2.26. The highest BCUT2D eigenvalue weighted by molar-refractivity contribution is 7.92. The number of sulfonamides is 1. The van der Waals surface area contributed by atoms with Gasteiger partial charge in [0.25, 0.3) is 5.91 Å². The molecule has 1 aliphatic heterocycles. The monoisotopic (exact) mass is 376 g/mol. The van der Waals surface area contributed by atoms with Crippen molar-refractivity contribution in [1.29, 1.82) is 0 Å². The molecule has 1 aliphatic rings. The van der Waals surface area contributed by atoms with E-state index in [-0.39, 0.29) is 17.5 Å². The Morgan fingerprint density at radius 1 is 1.12 bits per heavy atom. The van der Waals surface area contributed by atoms with Gasteiger partial charge in [-0.15, -0.1) is 0 Å². The number of hydrogen-bond donors (Lipinski definition) is 1. The van der Waals surface area contributed by atoms with E-state index in [4.69, 9.17) is 0 Å². The Hall–Kier alpha value is -2.41. The van der Waals surface area contributed by atoms with Crippen molar-refractivity contribution in [3.63, 3.8) is 0 Å². The molecule has 0 spiro atoms. The second-order valence-corrected chi connectivity index (χ2v) is 8.29. The third-order valence-corrected chi connectivity index (χ3v) is 6.23. The van der Waals surface area contributed by atoms with Crippen LogP contribution in [0.5, 0.6) is 0 Å². The average molecular weight is 376 g/mol. The van der Waals surface area contributed by atoms with Crippen molar-refractivity contribution in [3.05, 3.63) is 65.5 Å². The van der Waals surface area contributed by atoms with Crippen LogP contribution in [0.2, 0.25) is 0 Å². The molecule has 0 atom stereocenters. The van der Waals surface area contributed by atoms with E-state index in [1.165, 1.54) is 16.4 Å². The van der Waals surface area contributed by atoms with Crippen LogP contribution in [0.4, 0.5) is 10.1 Å². The Bertz CT molecular complexity index is 882. The Morgan fingerprint density at radius 3 is 2.62 bits per heavy atom. The number of amides is 1. The molecule has 1 amide bonds. The van der Waals surface area contributed by atoms with E-state index in [1.807, 2.05) is 0 Å². The first-order chi connectivity index (χ1) is 12.5. The van der Waals surface area contributed by atoms with Gasteiger partial charge in [-0.05, 0) is 55.2 Å². The Kier molecular flexibility index (Phi) is 5.56. The van der Waals surface area contributed by atoms with Crippen LogP contribution in [0, 0.1) is 5.82 Å². The topological polar surface area (TPSA) is 66.5 Å². The summed E-state index contributed by atoms with van der Waals surface area (Å²) in [5.74, 6) is -0.410. The van der Waals surface area contributed by atoms with Gasteiger partial charge < -0.3 is 5.32 Å². The summed E-state index contributed by atoms with van der Waals surface area (Å²) in [6, 6.07) is 12.8. The molecule has 26 heavy (non-hydrogen) atoms. The van der Waals surface area contributed by atoms with Crippen LogP contribution in [0.1, 0.15) is 28.8 Å². The Balaban J connectivity index is 1.63. The number of nitrogens with one attached hydrogen (secondary N) is 1. The number of rotatable bonds is 5. The first kappa shape index (κ1) is 18.4. The summed E-state index contributed by atoms with van der Waals surface area (Å²) in [6.45, 7) is 0.856. The lowest BCUT2D eigenvalue weighted by molar-refractivity contribution is 0.0954. The van der Waals surface area contributed by atoms with Gasteiger partial charge in [0, 0.05) is 18.7 Å². The molecule has 7 heteroatoms. The predicted octanol–water partition coefficient (Wildman–Crippen LogP) is 2.73. The maximum atomic E-state index is 12.9. The van der Waals surface area contributed by atoms with Crippen molar-refractivity contribution >= 4 is 21.6 Å². The minimum absolute atomic E-state index is 0.140. The second kappa shape index (κ2) is 7.86. The van der Waals surface area contributed by atoms with Gasteiger partial charge in [-0.1, -0.05) is 18.2 Å². The quantitative estimate of drug-likeness (QED) is 0.873. The van der Waals surface area contributed by atoms with Crippen LogP contribution in [-0.2, 0) is 16.4 Å². The predicted molar refractivity (Wildman–Crippen MR) is 99.2 cm³/mol. The molecule has 0 aromatic heterocycles. The van der Waals surface area contributed by atoms with Crippen LogP contribution in [0.25, 0.3) is 0 Å². The lowest BCUT2D eigenvalue weighted by Gasteiger charge is -2.28. The van der Waals surface area contributed by atoms with Crippen LogP contribution >= 0.6 is 0 Å². The minimum Gasteiger partial charge on any atom is -0.352 e. The van der Waals surface area contributed by atoms with Crippen molar-refractivity contribution in [3.8, 4) is 0 Å². The van der Waals surface area contributed by atoms with Crippen molar-refractivity contribution < 1.29 is 17.6 Å². The van der Waals surface area contributed by atoms with Crippen LogP contribution in [-0.4, -0.2) is 33.2 Å². The molecule has 138 valence electrons. The van der Waals surface area contributed by atoms with Gasteiger partial charge in [0.05, 0.1) is 11.4 Å². The molecule has 1 saturated heterocycles. The van der Waals surface area contributed by atoms with E-state index in [0.29, 0.717) is 37.2 Å². The van der Waals surface area contributed by atoms with Crippen LogP contribution in [0.15, 0.2) is 48.5 Å². The molecule has 1 fully saturated rings. The number of benzene rings is 2. The van der Waals surface area contributed by atoms with Crippen molar-refractivity contribution in [2.45, 2.75) is 19.3 Å². The van der Waals surface area contributed by atoms with Gasteiger partial charge in [-0.3, -0.25) is 9.10 Å². The molecule has 0 radical (unpaired) electrons. The normalized spacial score (nSPS) is 16.3. The molecule has 5 nitrogen and oxygen atoms in total. The number of carbonyl (C=O) groups is 1. The standard InChI is InChI=1S/C19H21FN2O3S/c20-17-8-6-15(7-9-17)10-11-21-19(23)16-4-3-5-18(14-16)22-12-1-2-13-26(22,24)25/h3-9,14H,1-2,10-13H2,(H,21,23). The Labute approximate surface area is 152 Å². The summed E-state index contributed by atoms with van der Waals surface area (Å²) in [5, 5.41) is 2.81. The first-order valence-electron chi connectivity index (χ1n) is 8.59. The van der Waals surface area contributed by atoms with Gasteiger partial charge in [0.1, 0.15) is 5.82 Å². The molecule has 0 bridgehead atoms. The van der Waals surface area contributed by atoms with Crippen LogP contribution in [0.3, 0.4) is 0 Å². The maximum Gasteiger partial charge on any atom is 0.251 e. The van der Waals surface area contributed by atoms with Crippen molar-refractivity contribution in [2.75, 3.05) is 23.1 Å². The lowest BCUT2D eigenvalue weighted by atomic mass is 10.1. The van der Waals surface area contributed by atoms with E-state index in [0.717, 1.165) is 12.0 Å². The highest BCUT2D eigenvalue weighted by Crippen LogP contribution is 2.24. The van der Waals surface area contributed by atoms with E-state index in [9.17, 15) is 17.6 Å². The van der Waals surface area contributed by atoms with E-state index < -0.39 is 10.0 Å². The number of halogens is 1. The van der Waals surface area contributed by atoms with Crippen molar-refractivity contribution in [2.24, 2.45) is 0 Å². The molecule has 2 aromatic carbocycles. The number of anilines is 1. The largest absolute Gasteiger partial charge is 0.352 e. The smallest absolute Gasteiger partial charge is 0.251 e. The zero-order valence-corrected chi connectivity index (χ0v) is 15.1. The molecule has 1 N–H and O–H groups in total. The first-order valence-corrected chi connectivity index (χ1v) is 10.2. The summed E-state index contributed by atoms with van der Waals surface area (Å²) in [6.07, 6.45) is 2.07. The fraction of sp³-hybridized carbons (Fsp3) is 0.316. The number of hydrogen-bond acceptors (Lipinski definition) is 3. The third-order valence-electron chi connectivity index (χ3n) is 4.36. The molecule has 2 aromatic rings. The van der Waals surface area contributed by atoms with Gasteiger partial charge >= 0.3 is 0 Å². The second-order valence-electron chi connectivity index (χ2n) is 6.28. The average Bonchev–Trinajstić information content (AvgIpc) is 2.63. The Morgan fingerprint density at radius 2 is 1.88 bits per heavy atom. The highest BCUT2D eigenvalue weighted by atomic mass is 32.2. The third kappa shape index (κ3) is 4.40. The molecular weight excluding hydrogens is 355 g/mol. The van der Waals surface area contributed by atoms with Gasteiger partial charge in [-0.25, -0.2) is 12.8 Å². The zero-order chi connectivity index (χ0) is 18.6. The lowest BCUT2D eigenvalue weighted by Crippen LogP contribution is -2.38. The maximum absolute atomic E-state index is 12.9. The van der Waals surface area contributed by atoms with E-state index in [2.05, 4.69) is 5.32 Å². The summed E-state index contributed by atoms with van der Waals surface area (Å²) < 4.78 is 38.7. The fourth-order valence-electron chi connectivity index (χ4n) is 2.95. The minimum atomic E-state index is -3.30. The van der Waals surface area contributed by atoms with Gasteiger partial charge in [0.2, 0.25) is 10.0 Å². The summed E-state index contributed by atoms with van der Waals surface area (Å²) >= 11 is 0. The molecule has 1 heterocycles. The molecular formula is C19H21FN2O3S. The fourth-order valence-corrected chi connectivity index (χ4v) is 4.59. The molecule has 0 unspecified atom stereocenters. The summed E-state index contributed by atoms with van der Waals surface area (Å²) in [5.41, 5.74) is 1.87. The SMILES string of the molecule is O=C(NCCc1ccc(F)cc1)c1cccc(N2CCCCS2(=O)=O)c1. The summed E-state index contributed by atoms with van der Waals surface area (Å²) in [4.78, 5) is 12.3.